The van der Waals surface area contributed by atoms with Crippen LogP contribution in [0.1, 0.15) is 55.1 Å². The Morgan fingerprint density at radius 2 is 1.81 bits per heavy atom. The average Bonchev–Trinajstić information content (AvgIpc) is 2.79. The first kappa shape index (κ1) is 23.3. The van der Waals surface area contributed by atoms with Gasteiger partial charge >= 0.3 is 0 Å². The van der Waals surface area contributed by atoms with Gasteiger partial charge in [-0.1, -0.05) is 37.3 Å². The first-order chi connectivity index (χ1) is 15.0. The molecule has 0 aromatic heterocycles. The third-order valence-corrected chi connectivity index (χ3v) is 6.25. The number of rotatable bonds is 9. The van der Waals surface area contributed by atoms with Crippen LogP contribution < -0.4 is 10.1 Å². The molecule has 0 saturated carbocycles. The fraction of sp³-hybridized carbons (Fsp3) is 0.500. The Labute approximate surface area is 187 Å². The Kier molecular flexibility index (Phi) is 8.50. The van der Waals surface area contributed by atoms with Crippen molar-refractivity contribution in [1.29, 1.82) is 0 Å². The van der Waals surface area contributed by atoms with Crippen LogP contribution in [0, 0.1) is 0 Å². The molecule has 5 nitrogen and oxygen atoms in total. The van der Waals surface area contributed by atoms with Gasteiger partial charge in [-0.2, -0.15) is 0 Å². The number of ether oxygens (including phenoxy) is 1. The monoisotopic (exact) mass is 423 g/mol. The molecule has 1 amide bonds. The Balaban J connectivity index is 1.47. The summed E-state index contributed by atoms with van der Waals surface area (Å²) in [6.45, 7) is 11.4. The number of likely N-dealkylation sites (tertiary alicyclic amines) is 1. The largest absolute Gasteiger partial charge is 0.496 e. The normalized spacial score (nSPS) is 15.4. The second-order valence-electron chi connectivity index (χ2n) is 8.69. The number of nitrogens with one attached hydrogen (secondary N) is 1. The predicted molar refractivity (Wildman–Crippen MR) is 126 cm³/mol. The lowest BCUT2D eigenvalue weighted by atomic mass is 10.0. The third kappa shape index (κ3) is 6.55. The van der Waals surface area contributed by atoms with E-state index in [4.69, 9.17) is 4.74 Å². The first-order valence-electron chi connectivity index (χ1n) is 11.5. The van der Waals surface area contributed by atoms with Crippen molar-refractivity contribution in [2.45, 2.75) is 58.8 Å². The minimum Gasteiger partial charge on any atom is -0.496 e. The molecule has 1 N–H and O–H groups in total. The second-order valence-corrected chi connectivity index (χ2v) is 8.69. The summed E-state index contributed by atoms with van der Waals surface area (Å²) in [6, 6.07) is 17.0. The minimum atomic E-state index is 0.0333. The number of carbonyl (C=O) groups is 1. The van der Waals surface area contributed by atoms with Gasteiger partial charge in [0.1, 0.15) is 5.75 Å². The van der Waals surface area contributed by atoms with Gasteiger partial charge in [0, 0.05) is 49.4 Å². The topological polar surface area (TPSA) is 44.8 Å². The maximum atomic E-state index is 12.7. The van der Waals surface area contributed by atoms with Crippen molar-refractivity contribution in [2.24, 2.45) is 0 Å². The Hall–Kier alpha value is -2.37. The number of para-hydroxylation sites is 1. The molecular formula is C26H37N3O2. The summed E-state index contributed by atoms with van der Waals surface area (Å²) in [6.07, 6.45) is 1.94. The fourth-order valence-electron chi connectivity index (χ4n) is 4.23. The van der Waals surface area contributed by atoms with Crippen LogP contribution in [0.5, 0.6) is 5.75 Å². The van der Waals surface area contributed by atoms with Gasteiger partial charge in [0.05, 0.1) is 7.11 Å². The quantitative estimate of drug-likeness (QED) is 0.652. The van der Waals surface area contributed by atoms with Crippen molar-refractivity contribution in [3.8, 4) is 5.75 Å². The predicted octanol–water partition coefficient (Wildman–Crippen LogP) is 4.32. The van der Waals surface area contributed by atoms with E-state index in [1.54, 1.807) is 7.11 Å². The average molecular weight is 424 g/mol. The van der Waals surface area contributed by atoms with Crippen LogP contribution in [0.2, 0.25) is 0 Å². The summed E-state index contributed by atoms with van der Waals surface area (Å²) in [5.41, 5.74) is 3.20. The lowest BCUT2D eigenvalue weighted by Gasteiger charge is -2.32. The Morgan fingerprint density at radius 3 is 2.42 bits per heavy atom. The van der Waals surface area contributed by atoms with E-state index >= 15 is 0 Å². The maximum Gasteiger partial charge on any atom is 0.251 e. The number of hydrogen-bond acceptors (Lipinski definition) is 4. The molecule has 1 heterocycles. The van der Waals surface area contributed by atoms with E-state index in [1.807, 2.05) is 24.3 Å². The van der Waals surface area contributed by atoms with Crippen molar-refractivity contribution in [3.63, 3.8) is 0 Å². The van der Waals surface area contributed by atoms with Gasteiger partial charge in [0.25, 0.3) is 5.91 Å². The molecule has 5 heteroatoms. The summed E-state index contributed by atoms with van der Waals surface area (Å²) < 4.78 is 5.47. The highest BCUT2D eigenvalue weighted by molar-refractivity contribution is 5.94. The fourth-order valence-corrected chi connectivity index (χ4v) is 4.23. The molecule has 31 heavy (non-hydrogen) atoms. The van der Waals surface area contributed by atoms with Gasteiger partial charge in [-0.15, -0.1) is 0 Å². The smallest absolute Gasteiger partial charge is 0.251 e. The molecule has 0 unspecified atom stereocenters. The van der Waals surface area contributed by atoms with Crippen molar-refractivity contribution < 1.29 is 9.53 Å². The van der Waals surface area contributed by atoms with E-state index in [2.05, 4.69) is 60.2 Å². The van der Waals surface area contributed by atoms with Crippen LogP contribution in [0.4, 0.5) is 0 Å². The molecule has 0 aliphatic carbocycles. The van der Waals surface area contributed by atoms with Gasteiger partial charge in [-0.05, 0) is 57.0 Å². The molecule has 0 radical (unpaired) electrons. The molecule has 1 aliphatic rings. The molecule has 1 fully saturated rings. The zero-order chi connectivity index (χ0) is 22.2. The number of nitrogens with zero attached hydrogens (tertiary/aromatic N) is 2. The molecule has 0 bridgehead atoms. The number of amides is 1. The number of methoxy groups -OCH3 is 1. The number of carbonyl (C=O) groups excluding carboxylic acids is 1. The summed E-state index contributed by atoms with van der Waals surface area (Å²) in [5, 5.41) is 3.23. The molecule has 1 aliphatic heterocycles. The van der Waals surface area contributed by atoms with Crippen molar-refractivity contribution >= 4 is 5.91 Å². The van der Waals surface area contributed by atoms with E-state index < -0.39 is 0 Å². The SMILES string of the molecule is CCN(Cc1ccc(C(=O)NC2CCN(Cc3ccccc3OC)CC2)cc1)C(C)C. The Bertz CT molecular complexity index is 827. The zero-order valence-corrected chi connectivity index (χ0v) is 19.4. The molecule has 2 aromatic rings. The zero-order valence-electron chi connectivity index (χ0n) is 19.4. The van der Waals surface area contributed by atoms with Gasteiger partial charge in [0.15, 0.2) is 0 Å². The van der Waals surface area contributed by atoms with E-state index in [1.165, 1.54) is 11.1 Å². The van der Waals surface area contributed by atoms with E-state index in [-0.39, 0.29) is 11.9 Å². The summed E-state index contributed by atoms with van der Waals surface area (Å²) >= 11 is 0. The second kappa shape index (κ2) is 11.3. The van der Waals surface area contributed by atoms with Crippen LogP contribution in [-0.4, -0.2) is 54.5 Å². The van der Waals surface area contributed by atoms with E-state index in [9.17, 15) is 4.79 Å². The highest BCUT2D eigenvalue weighted by atomic mass is 16.5. The van der Waals surface area contributed by atoms with Gasteiger partial charge in [-0.25, -0.2) is 0 Å². The number of benzene rings is 2. The molecule has 0 atom stereocenters. The first-order valence-corrected chi connectivity index (χ1v) is 11.5. The third-order valence-electron chi connectivity index (χ3n) is 6.25. The summed E-state index contributed by atoms with van der Waals surface area (Å²) in [5.74, 6) is 0.975. The number of piperidine rings is 1. The molecule has 0 spiro atoms. The van der Waals surface area contributed by atoms with Crippen LogP contribution in [0.15, 0.2) is 48.5 Å². The van der Waals surface area contributed by atoms with E-state index in [0.29, 0.717) is 6.04 Å². The molecule has 168 valence electrons. The minimum absolute atomic E-state index is 0.0333. The van der Waals surface area contributed by atoms with Crippen molar-refractivity contribution in [1.82, 2.24) is 15.1 Å². The van der Waals surface area contributed by atoms with E-state index in [0.717, 1.165) is 56.9 Å². The summed E-state index contributed by atoms with van der Waals surface area (Å²) in [7, 11) is 1.72. The van der Waals surface area contributed by atoms with Crippen LogP contribution in [0.3, 0.4) is 0 Å². The van der Waals surface area contributed by atoms with Crippen molar-refractivity contribution in [2.75, 3.05) is 26.7 Å². The molecule has 3 rings (SSSR count). The van der Waals surface area contributed by atoms with Gasteiger partial charge < -0.3 is 10.1 Å². The lowest BCUT2D eigenvalue weighted by Crippen LogP contribution is -2.44. The summed E-state index contributed by atoms with van der Waals surface area (Å²) in [4.78, 5) is 17.6. The Morgan fingerprint density at radius 1 is 1.13 bits per heavy atom. The highest BCUT2D eigenvalue weighted by Crippen LogP contribution is 2.21. The van der Waals surface area contributed by atoms with Crippen LogP contribution >= 0.6 is 0 Å². The molecule has 1 saturated heterocycles. The standard InChI is InChI=1S/C26H37N3O2/c1-5-29(20(2)3)18-21-10-12-22(13-11-21)26(30)27-24-14-16-28(17-15-24)19-23-8-6-7-9-25(23)31-4/h6-13,20,24H,5,14-19H2,1-4H3,(H,27,30). The van der Waals surface area contributed by atoms with Gasteiger partial charge in [-0.3, -0.25) is 14.6 Å². The van der Waals surface area contributed by atoms with Crippen LogP contribution in [0.25, 0.3) is 0 Å². The lowest BCUT2D eigenvalue weighted by molar-refractivity contribution is 0.0908. The van der Waals surface area contributed by atoms with Crippen molar-refractivity contribution in [3.05, 3.63) is 65.2 Å². The maximum absolute atomic E-state index is 12.7. The number of hydrogen-bond donors (Lipinski definition) is 1. The molecular weight excluding hydrogens is 386 g/mol. The molecule has 2 aromatic carbocycles. The van der Waals surface area contributed by atoms with Gasteiger partial charge in [0.2, 0.25) is 0 Å². The van der Waals surface area contributed by atoms with Crippen LogP contribution in [-0.2, 0) is 13.1 Å². The highest BCUT2D eigenvalue weighted by Gasteiger charge is 2.22.